The zero-order valence-electron chi connectivity index (χ0n) is 9.48. The molecule has 5 heteroatoms. The van der Waals surface area contributed by atoms with Crippen LogP contribution in [0.4, 0.5) is 4.39 Å². The van der Waals surface area contributed by atoms with Crippen LogP contribution in [0.1, 0.15) is 16.1 Å². The van der Waals surface area contributed by atoms with Crippen molar-refractivity contribution in [3.05, 3.63) is 47.8 Å². The lowest BCUT2D eigenvalue weighted by Crippen LogP contribution is -2.05. The molecule has 0 amide bonds. The zero-order valence-corrected chi connectivity index (χ0v) is 9.48. The van der Waals surface area contributed by atoms with Gasteiger partial charge < -0.3 is 9.30 Å². The molecule has 0 spiro atoms. The Kier molecular flexibility index (Phi) is 2.91. The molecular weight excluding hydrogens is 223 g/mol. The van der Waals surface area contributed by atoms with Gasteiger partial charge in [0.15, 0.2) is 0 Å². The SMILES string of the molecule is COC(=O)c1ccc(-n2cnc(C)c2)cc1F. The molecular formula is C12H11FN2O2. The molecule has 1 aromatic carbocycles. The van der Waals surface area contributed by atoms with Crippen LogP contribution in [-0.2, 0) is 4.74 Å². The van der Waals surface area contributed by atoms with Crippen LogP contribution in [0.2, 0.25) is 0 Å². The maximum Gasteiger partial charge on any atom is 0.340 e. The molecule has 0 unspecified atom stereocenters. The van der Waals surface area contributed by atoms with Crippen LogP contribution in [0.15, 0.2) is 30.7 Å². The number of esters is 1. The number of imidazole rings is 1. The first-order valence-corrected chi connectivity index (χ1v) is 5.00. The van der Waals surface area contributed by atoms with Crippen LogP contribution >= 0.6 is 0 Å². The number of aromatic nitrogens is 2. The lowest BCUT2D eigenvalue weighted by molar-refractivity contribution is 0.0595. The van der Waals surface area contributed by atoms with Crippen LogP contribution in [0.25, 0.3) is 5.69 Å². The second-order valence-electron chi connectivity index (χ2n) is 3.58. The van der Waals surface area contributed by atoms with E-state index >= 15 is 0 Å². The Labute approximate surface area is 97.7 Å². The fourth-order valence-electron chi connectivity index (χ4n) is 1.50. The maximum absolute atomic E-state index is 13.6. The molecule has 1 aromatic heterocycles. The highest BCUT2D eigenvalue weighted by Gasteiger charge is 2.12. The fourth-order valence-corrected chi connectivity index (χ4v) is 1.50. The van der Waals surface area contributed by atoms with Gasteiger partial charge in [-0.2, -0.15) is 0 Å². The summed E-state index contributed by atoms with van der Waals surface area (Å²) in [4.78, 5) is 15.3. The van der Waals surface area contributed by atoms with E-state index in [0.717, 1.165) is 5.69 Å². The monoisotopic (exact) mass is 234 g/mol. The van der Waals surface area contributed by atoms with Crippen LogP contribution in [0, 0.1) is 12.7 Å². The molecule has 17 heavy (non-hydrogen) atoms. The summed E-state index contributed by atoms with van der Waals surface area (Å²) in [5, 5.41) is 0. The minimum absolute atomic E-state index is 0.0758. The number of benzene rings is 1. The summed E-state index contributed by atoms with van der Waals surface area (Å²) >= 11 is 0. The lowest BCUT2D eigenvalue weighted by atomic mass is 10.2. The average molecular weight is 234 g/mol. The third kappa shape index (κ3) is 2.18. The van der Waals surface area contributed by atoms with E-state index in [-0.39, 0.29) is 5.56 Å². The molecule has 0 atom stereocenters. The molecule has 1 heterocycles. The number of methoxy groups -OCH3 is 1. The molecule has 0 fully saturated rings. The van der Waals surface area contributed by atoms with Crippen LogP contribution in [0.5, 0.6) is 0 Å². The van der Waals surface area contributed by atoms with E-state index in [1.165, 1.54) is 19.2 Å². The number of hydrogen-bond acceptors (Lipinski definition) is 3. The molecule has 0 bridgehead atoms. The minimum atomic E-state index is -0.684. The molecule has 0 saturated heterocycles. The fraction of sp³-hybridized carbons (Fsp3) is 0.167. The number of carbonyl (C=O) groups excluding carboxylic acids is 1. The van der Waals surface area contributed by atoms with Gasteiger partial charge in [-0.05, 0) is 25.1 Å². The minimum Gasteiger partial charge on any atom is -0.465 e. The molecule has 2 aromatic rings. The van der Waals surface area contributed by atoms with Gasteiger partial charge in [-0.25, -0.2) is 14.2 Å². The predicted octanol–water partition coefficient (Wildman–Crippen LogP) is 2.11. The molecule has 0 N–H and O–H groups in total. The van der Waals surface area contributed by atoms with Gasteiger partial charge in [0.2, 0.25) is 0 Å². The number of carbonyl (C=O) groups is 1. The van der Waals surface area contributed by atoms with Crippen LogP contribution in [-0.4, -0.2) is 22.6 Å². The van der Waals surface area contributed by atoms with Crippen LogP contribution < -0.4 is 0 Å². The first-order valence-electron chi connectivity index (χ1n) is 5.00. The Bertz CT molecular complexity index is 563. The van der Waals surface area contributed by atoms with E-state index < -0.39 is 11.8 Å². The Morgan fingerprint density at radius 1 is 1.47 bits per heavy atom. The number of hydrogen-bond donors (Lipinski definition) is 0. The highest BCUT2D eigenvalue weighted by atomic mass is 19.1. The molecule has 0 radical (unpaired) electrons. The normalized spacial score (nSPS) is 10.3. The van der Waals surface area contributed by atoms with Gasteiger partial charge in [-0.3, -0.25) is 0 Å². The lowest BCUT2D eigenvalue weighted by Gasteiger charge is -2.05. The van der Waals surface area contributed by atoms with Crippen molar-refractivity contribution >= 4 is 5.97 Å². The zero-order chi connectivity index (χ0) is 12.4. The summed E-state index contributed by atoms with van der Waals surface area (Å²) in [6, 6.07) is 4.30. The molecule has 2 rings (SSSR count). The summed E-state index contributed by atoms with van der Waals surface area (Å²) in [6.07, 6.45) is 3.36. The van der Waals surface area contributed by atoms with Crippen molar-refractivity contribution in [2.75, 3.05) is 7.11 Å². The Balaban J connectivity index is 2.40. The van der Waals surface area contributed by atoms with Crippen molar-refractivity contribution in [2.45, 2.75) is 6.92 Å². The van der Waals surface area contributed by atoms with E-state index in [2.05, 4.69) is 9.72 Å². The summed E-state index contributed by atoms with van der Waals surface area (Å²) in [5.74, 6) is -1.29. The second-order valence-corrected chi connectivity index (χ2v) is 3.58. The van der Waals surface area contributed by atoms with E-state index in [0.29, 0.717) is 5.69 Å². The number of rotatable bonds is 2. The van der Waals surface area contributed by atoms with Crippen molar-refractivity contribution in [1.82, 2.24) is 9.55 Å². The number of nitrogens with zero attached hydrogens (tertiary/aromatic N) is 2. The van der Waals surface area contributed by atoms with Crippen molar-refractivity contribution in [3.8, 4) is 5.69 Å². The van der Waals surface area contributed by atoms with Gasteiger partial charge in [0.05, 0.1) is 24.7 Å². The average Bonchev–Trinajstić information content (AvgIpc) is 2.75. The van der Waals surface area contributed by atoms with Crippen molar-refractivity contribution < 1.29 is 13.9 Å². The molecule has 0 aliphatic rings. The first-order chi connectivity index (χ1) is 8.11. The number of ether oxygens (including phenoxy) is 1. The number of halogens is 1. The van der Waals surface area contributed by atoms with Gasteiger partial charge in [-0.15, -0.1) is 0 Å². The van der Waals surface area contributed by atoms with E-state index in [1.807, 2.05) is 6.92 Å². The van der Waals surface area contributed by atoms with E-state index in [4.69, 9.17) is 0 Å². The van der Waals surface area contributed by atoms with Gasteiger partial charge in [0, 0.05) is 11.9 Å². The van der Waals surface area contributed by atoms with Gasteiger partial charge in [-0.1, -0.05) is 0 Å². The summed E-state index contributed by atoms with van der Waals surface area (Å²) in [7, 11) is 1.22. The van der Waals surface area contributed by atoms with Gasteiger partial charge >= 0.3 is 5.97 Å². The standard InChI is InChI=1S/C12H11FN2O2/c1-8-6-15(7-14-8)9-3-4-10(11(13)5-9)12(16)17-2/h3-7H,1-2H3. The largest absolute Gasteiger partial charge is 0.465 e. The molecule has 0 saturated carbocycles. The third-order valence-corrected chi connectivity index (χ3v) is 2.37. The number of aryl methyl sites for hydroxylation is 1. The maximum atomic E-state index is 13.6. The van der Waals surface area contributed by atoms with Crippen LogP contribution in [0.3, 0.4) is 0 Å². The van der Waals surface area contributed by atoms with E-state index in [1.54, 1.807) is 23.2 Å². The molecule has 4 nitrogen and oxygen atoms in total. The van der Waals surface area contributed by atoms with Crippen molar-refractivity contribution in [1.29, 1.82) is 0 Å². The first kappa shape index (κ1) is 11.3. The Hall–Kier alpha value is -2.17. The van der Waals surface area contributed by atoms with Gasteiger partial charge in [0.25, 0.3) is 0 Å². The molecule has 88 valence electrons. The van der Waals surface area contributed by atoms with Gasteiger partial charge in [0.1, 0.15) is 5.82 Å². The molecule has 0 aliphatic carbocycles. The topological polar surface area (TPSA) is 44.1 Å². The summed E-state index contributed by atoms with van der Waals surface area (Å²) in [5.41, 5.74) is 1.37. The Morgan fingerprint density at radius 3 is 2.76 bits per heavy atom. The quantitative estimate of drug-likeness (QED) is 0.747. The van der Waals surface area contributed by atoms with Crippen molar-refractivity contribution in [2.24, 2.45) is 0 Å². The predicted molar refractivity (Wildman–Crippen MR) is 59.6 cm³/mol. The highest BCUT2D eigenvalue weighted by molar-refractivity contribution is 5.89. The summed E-state index contributed by atoms with van der Waals surface area (Å²) in [6.45, 7) is 1.84. The van der Waals surface area contributed by atoms with Crippen molar-refractivity contribution in [3.63, 3.8) is 0 Å². The smallest absolute Gasteiger partial charge is 0.340 e. The molecule has 0 aliphatic heterocycles. The second kappa shape index (κ2) is 4.37. The highest BCUT2D eigenvalue weighted by Crippen LogP contribution is 2.15. The Morgan fingerprint density at radius 2 is 2.24 bits per heavy atom. The summed E-state index contributed by atoms with van der Waals surface area (Å²) < 4.78 is 19.8. The third-order valence-electron chi connectivity index (χ3n) is 2.37. The van der Waals surface area contributed by atoms with E-state index in [9.17, 15) is 9.18 Å².